The third-order valence-electron chi connectivity index (χ3n) is 5.62. The van der Waals surface area contributed by atoms with Crippen molar-refractivity contribution in [3.8, 4) is 0 Å². The fourth-order valence-corrected chi connectivity index (χ4v) is 4.02. The van der Waals surface area contributed by atoms with Crippen molar-refractivity contribution < 1.29 is 4.74 Å². The molecule has 5 nitrogen and oxygen atoms in total. The van der Waals surface area contributed by atoms with E-state index in [9.17, 15) is 0 Å². The third-order valence-corrected chi connectivity index (χ3v) is 5.62. The highest BCUT2D eigenvalue weighted by Gasteiger charge is 2.13. The van der Waals surface area contributed by atoms with E-state index in [1.54, 1.807) is 0 Å². The van der Waals surface area contributed by atoms with E-state index in [-0.39, 0.29) is 24.0 Å². The highest BCUT2D eigenvalue weighted by atomic mass is 127. The number of nitrogens with one attached hydrogen (secondary N) is 1. The number of nitrogens with two attached hydrogens (primary N) is 1. The minimum atomic E-state index is 0. The Balaban J connectivity index is 0.00000240. The number of fused-ring (bicyclic) bond motifs is 1. The Morgan fingerprint density at radius 1 is 1.00 bits per heavy atom. The number of aliphatic imine (C=N–C) groups is 1. The average molecular weight is 506 g/mol. The predicted molar refractivity (Wildman–Crippen MR) is 130 cm³/mol. The van der Waals surface area contributed by atoms with Crippen LogP contribution in [0, 0.1) is 0 Å². The zero-order valence-electron chi connectivity index (χ0n) is 16.9. The van der Waals surface area contributed by atoms with E-state index in [0.29, 0.717) is 12.5 Å². The van der Waals surface area contributed by atoms with Crippen molar-refractivity contribution in [2.24, 2.45) is 10.7 Å². The van der Waals surface area contributed by atoms with Gasteiger partial charge in [-0.2, -0.15) is 0 Å². The molecule has 0 bridgehead atoms. The Labute approximate surface area is 190 Å². The first-order valence-corrected chi connectivity index (χ1v) is 10.3. The lowest BCUT2D eigenvalue weighted by atomic mass is 9.90. The molecule has 0 saturated carbocycles. The van der Waals surface area contributed by atoms with Gasteiger partial charge in [-0.1, -0.05) is 36.4 Å². The van der Waals surface area contributed by atoms with E-state index < -0.39 is 0 Å². The van der Waals surface area contributed by atoms with Crippen LogP contribution in [0.2, 0.25) is 0 Å². The summed E-state index contributed by atoms with van der Waals surface area (Å²) in [5.41, 5.74) is 12.6. The summed E-state index contributed by atoms with van der Waals surface area (Å²) in [4.78, 5) is 6.97. The first kappa shape index (κ1) is 22.1. The molecule has 1 heterocycles. The summed E-state index contributed by atoms with van der Waals surface area (Å²) in [6.07, 6.45) is 4.82. The lowest BCUT2D eigenvalue weighted by Crippen LogP contribution is -2.35. The Hall–Kier alpha value is -1.64. The SMILES string of the molecule is I.NC(=NCc1ccc(CN2CCOCC2)cc1)Nc1cccc2c1CCCC2. The van der Waals surface area contributed by atoms with E-state index in [1.807, 2.05) is 0 Å². The van der Waals surface area contributed by atoms with Crippen LogP contribution in [-0.2, 0) is 30.7 Å². The monoisotopic (exact) mass is 506 g/mol. The van der Waals surface area contributed by atoms with Crippen molar-refractivity contribution in [3.05, 3.63) is 64.7 Å². The van der Waals surface area contributed by atoms with Crippen LogP contribution in [-0.4, -0.2) is 37.2 Å². The predicted octanol–water partition coefficient (Wildman–Crippen LogP) is 3.94. The molecule has 0 spiro atoms. The van der Waals surface area contributed by atoms with Crippen molar-refractivity contribution in [3.63, 3.8) is 0 Å². The molecule has 2 aromatic rings. The normalized spacial score (nSPS) is 17.3. The van der Waals surface area contributed by atoms with Crippen LogP contribution < -0.4 is 11.1 Å². The summed E-state index contributed by atoms with van der Waals surface area (Å²) >= 11 is 0. The number of hydrogen-bond donors (Lipinski definition) is 2. The van der Waals surface area contributed by atoms with Crippen LogP contribution in [0.5, 0.6) is 0 Å². The van der Waals surface area contributed by atoms with Gasteiger partial charge in [0.2, 0.25) is 0 Å². The quantitative estimate of drug-likeness (QED) is 0.367. The highest BCUT2D eigenvalue weighted by molar-refractivity contribution is 14.0. The summed E-state index contributed by atoms with van der Waals surface area (Å²) in [6.45, 7) is 5.27. The summed E-state index contributed by atoms with van der Waals surface area (Å²) in [6, 6.07) is 15.1. The summed E-state index contributed by atoms with van der Waals surface area (Å²) in [5, 5.41) is 3.32. The van der Waals surface area contributed by atoms with Gasteiger partial charge in [-0.05, 0) is 54.0 Å². The van der Waals surface area contributed by atoms with Crippen LogP contribution >= 0.6 is 24.0 Å². The van der Waals surface area contributed by atoms with E-state index in [0.717, 1.165) is 45.0 Å². The molecule has 156 valence electrons. The zero-order chi connectivity index (χ0) is 19.2. The van der Waals surface area contributed by atoms with Crippen LogP contribution in [0.25, 0.3) is 0 Å². The second kappa shape index (κ2) is 10.9. The molecule has 4 rings (SSSR count). The van der Waals surface area contributed by atoms with Gasteiger partial charge in [0.1, 0.15) is 0 Å². The molecular weight excluding hydrogens is 475 g/mol. The van der Waals surface area contributed by atoms with E-state index in [2.05, 4.69) is 57.7 Å². The van der Waals surface area contributed by atoms with Gasteiger partial charge in [0.25, 0.3) is 0 Å². The van der Waals surface area contributed by atoms with Gasteiger partial charge in [0, 0.05) is 25.3 Å². The van der Waals surface area contributed by atoms with Crippen LogP contribution in [0.3, 0.4) is 0 Å². The molecule has 1 saturated heterocycles. The van der Waals surface area contributed by atoms with Crippen molar-refractivity contribution in [2.75, 3.05) is 31.6 Å². The number of guanidine groups is 1. The number of benzene rings is 2. The number of hydrogen-bond acceptors (Lipinski definition) is 3. The lowest BCUT2D eigenvalue weighted by molar-refractivity contribution is 0.0342. The Morgan fingerprint density at radius 2 is 1.72 bits per heavy atom. The Kier molecular flexibility index (Phi) is 8.32. The molecule has 0 atom stereocenters. The molecule has 1 aliphatic heterocycles. The minimum Gasteiger partial charge on any atom is -0.379 e. The largest absolute Gasteiger partial charge is 0.379 e. The first-order valence-electron chi connectivity index (χ1n) is 10.3. The lowest BCUT2D eigenvalue weighted by Gasteiger charge is -2.26. The van der Waals surface area contributed by atoms with Gasteiger partial charge in [-0.25, -0.2) is 4.99 Å². The van der Waals surface area contributed by atoms with Gasteiger partial charge in [0.05, 0.1) is 19.8 Å². The van der Waals surface area contributed by atoms with Crippen LogP contribution in [0.15, 0.2) is 47.5 Å². The summed E-state index contributed by atoms with van der Waals surface area (Å²) in [7, 11) is 0. The van der Waals surface area contributed by atoms with E-state index in [4.69, 9.17) is 10.5 Å². The molecule has 3 N–H and O–H groups in total. The molecule has 0 radical (unpaired) electrons. The molecule has 0 unspecified atom stereocenters. The minimum absolute atomic E-state index is 0. The maximum atomic E-state index is 6.16. The maximum absolute atomic E-state index is 6.16. The first-order chi connectivity index (χ1) is 13.8. The number of halogens is 1. The molecule has 2 aliphatic rings. The van der Waals surface area contributed by atoms with Gasteiger partial charge < -0.3 is 15.8 Å². The second-order valence-electron chi connectivity index (χ2n) is 7.68. The molecule has 0 amide bonds. The molecule has 1 aliphatic carbocycles. The van der Waals surface area contributed by atoms with E-state index in [1.165, 1.54) is 41.5 Å². The number of aryl methyl sites for hydroxylation is 1. The van der Waals surface area contributed by atoms with Crippen molar-refractivity contribution in [1.82, 2.24) is 4.90 Å². The highest BCUT2D eigenvalue weighted by Crippen LogP contribution is 2.27. The number of anilines is 1. The van der Waals surface area contributed by atoms with Crippen LogP contribution in [0.1, 0.15) is 35.1 Å². The molecule has 0 aromatic heterocycles. The van der Waals surface area contributed by atoms with E-state index >= 15 is 0 Å². The number of ether oxygens (including phenoxy) is 1. The number of morpholine rings is 1. The van der Waals surface area contributed by atoms with Crippen LogP contribution in [0.4, 0.5) is 5.69 Å². The van der Waals surface area contributed by atoms with Gasteiger partial charge >= 0.3 is 0 Å². The van der Waals surface area contributed by atoms with Gasteiger partial charge in [-0.3, -0.25) is 4.90 Å². The smallest absolute Gasteiger partial charge is 0.193 e. The maximum Gasteiger partial charge on any atom is 0.193 e. The molecule has 1 fully saturated rings. The topological polar surface area (TPSA) is 62.9 Å². The Bertz CT molecular complexity index is 816. The number of nitrogens with zero attached hydrogens (tertiary/aromatic N) is 2. The fraction of sp³-hybridized carbons (Fsp3) is 0.435. The average Bonchev–Trinajstić information content (AvgIpc) is 2.74. The fourth-order valence-electron chi connectivity index (χ4n) is 4.02. The molecule has 2 aromatic carbocycles. The Morgan fingerprint density at radius 3 is 2.52 bits per heavy atom. The summed E-state index contributed by atoms with van der Waals surface area (Å²) in [5.74, 6) is 0.483. The third kappa shape index (κ3) is 6.17. The zero-order valence-corrected chi connectivity index (χ0v) is 19.2. The molecule has 6 heteroatoms. The second-order valence-corrected chi connectivity index (χ2v) is 7.68. The number of rotatable bonds is 5. The molecule has 29 heavy (non-hydrogen) atoms. The van der Waals surface area contributed by atoms with Crippen molar-refractivity contribution in [1.29, 1.82) is 0 Å². The van der Waals surface area contributed by atoms with Gasteiger partial charge in [-0.15, -0.1) is 24.0 Å². The van der Waals surface area contributed by atoms with Crippen molar-refractivity contribution in [2.45, 2.75) is 38.8 Å². The van der Waals surface area contributed by atoms with Gasteiger partial charge in [0.15, 0.2) is 5.96 Å². The standard InChI is InChI=1S/C23H30N4O.HI/c24-23(26-22-7-3-5-20-4-1-2-6-21(20)22)25-16-18-8-10-19(11-9-18)17-27-12-14-28-15-13-27;/h3,5,7-11H,1-2,4,6,12-17H2,(H3,24,25,26);1H. The van der Waals surface area contributed by atoms with Crippen molar-refractivity contribution >= 4 is 35.6 Å². The molecular formula is C23H31IN4O. The summed E-state index contributed by atoms with van der Waals surface area (Å²) < 4.78 is 5.41.